The van der Waals surface area contributed by atoms with Crippen LogP contribution in [0.15, 0.2) is 42.5 Å². The molecule has 3 rings (SSSR count). The topological polar surface area (TPSA) is 78.1 Å². The number of para-hydroxylation sites is 2. The van der Waals surface area contributed by atoms with E-state index in [4.69, 9.17) is 18.9 Å². The molecule has 0 fully saturated rings. The normalized spacial score (nSPS) is 15.1. The van der Waals surface area contributed by atoms with Gasteiger partial charge in [-0.2, -0.15) is 0 Å². The van der Waals surface area contributed by atoms with Gasteiger partial charge >= 0.3 is 6.03 Å². The maximum atomic E-state index is 12.0. The summed E-state index contributed by atoms with van der Waals surface area (Å²) in [4.78, 5) is 12.0. The number of hydrogen-bond acceptors (Lipinski definition) is 5. The standard InChI is InChI=1S/C19H22N2O5/c1-23-15-8-7-13(9-18(15)24-2)10-20-19(22)21-11-14-12-25-16-5-3-4-6-17(16)26-14/h3-9,14H,10-12H2,1-2H3,(H2,20,21,22)/t14-/m1/s1. The fourth-order valence-electron chi connectivity index (χ4n) is 2.61. The van der Waals surface area contributed by atoms with Crippen molar-refractivity contribution < 1.29 is 23.7 Å². The molecule has 2 amide bonds. The summed E-state index contributed by atoms with van der Waals surface area (Å²) in [5.74, 6) is 2.69. The van der Waals surface area contributed by atoms with Crippen LogP contribution in [0.4, 0.5) is 4.79 Å². The molecule has 0 saturated heterocycles. The number of ether oxygens (including phenoxy) is 4. The zero-order valence-electron chi connectivity index (χ0n) is 14.8. The Kier molecular flexibility index (Phi) is 5.68. The average molecular weight is 358 g/mol. The summed E-state index contributed by atoms with van der Waals surface area (Å²) in [6.07, 6.45) is -0.225. The summed E-state index contributed by atoms with van der Waals surface area (Å²) in [7, 11) is 3.16. The van der Waals surface area contributed by atoms with Crippen LogP contribution in [0.3, 0.4) is 0 Å². The molecule has 2 aromatic carbocycles. The number of benzene rings is 2. The van der Waals surface area contributed by atoms with E-state index in [1.807, 2.05) is 36.4 Å². The Morgan fingerprint density at radius 1 is 1.08 bits per heavy atom. The summed E-state index contributed by atoms with van der Waals surface area (Å²) >= 11 is 0. The van der Waals surface area contributed by atoms with Crippen molar-refractivity contribution >= 4 is 6.03 Å². The predicted molar refractivity (Wildman–Crippen MR) is 96.1 cm³/mol. The lowest BCUT2D eigenvalue weighted by Gasteiger charge is -2.26. The fraction of sp³-hybridized carbons (Fsp3) is 0.316. The van der Waals surface area contributed by atoms with Gasteiger partial charge in [0.25, 0.3) is 0 Å². The van der Waals surface area contributed by atoms with Gasteiger partial charge in [-0.3, -0.25) is 0 Å². The number of amides is 2. The number of urea groups is 1. The number of carbonyl (C=O) groups is 1. The molecule has 0 radical (unpaired) electrons. The molecule has 0 saturated carbocycles. The van der Waals surface area contributed by atoms with E-state index in [2.05, 4.69) is 10.6 Å². The van der Waals surface area contributed by atoms with Crippen molar-refractivity contribution in [3.8, 4) is 23.0 Å². The van der Waals surface area contributed by atoms with Crippen LogP contribution < -0.4 is 29.6 Å². The van der Waals surface area contributed by atoms with Crippen LogP contribution in [0.25, 0.3) is 0 Å². The van der Waals surface area contributed by atoms with Gasteiger partial charge in [0.1, 0.15) is 6.61 Å². The summed E-state index contributed by atoms with van der Waals surface area (Å²) < 4.78 is 21.9. The highest BCUT2D eigenvalue weighted by Gasteiger charge is 2.20. The summed E-state index contributed by atoms with van der Waals surface area (Å²) in [6, 6.07) is 12.7. The molecule has 138 valence electrons. The number of rotatable bonds is 6. The number of carbonyl (C=O) groups excluding carboxylic acids is 1. The third kappa shape index (κ3) is 4.30. The van der Waals surface area contributed by atoms with Crippen LogP contribution >= 0.6 is 0 Å². The fourth-order valence-corrected chi connectivity index (χ4v) is 2.61. The van der Waals surface area contributed by atoms with Crippen LogP contribution in [0, 0.1) is 0 Å². The molecule has 0 aromatic heterocycles. The van der Waals surface area contributed by atoms with E-state index in [0.29, 0.717) is 36.9 Å². The third-order valence-electron chi connectivity index (χ3n) is 3.96. The van der Waals surface area contributed by atoms with Gasteiger partial charge in [0.05, 0.1) is 20.8 Å². The highest BCUT2D eigenvalue weighted by molar-refractivity contribution is 5.73. The predicted octanol–water partition coefficient (Wildman–Crippen LogP) is 2.34. The van der Waals surface area contributed by atoms with Gasteiger partial charge in [0.15, 0.2) is 29.1 Å². The van der Waals surface area contributed by atoms with Crippen LogP contribution in [-0.4, -0.2) is 39.5 Å². The molecule has 7 nitrogen and oxygen atoms in total. The van der Waals surface area contributed by atoms with E-state index < -0.39 is 0 Å². The van der Waals surface area contributed by atoms with Gasteiger partial charge in [0, 0.05) is 6.54 Å². The minimum absolute atomic E-state index is 0.225. The minimum Gasteiger partial charge on any atom is -0.493 e. The molecule has 2 N–H and O–H groups in total. The molecule has 0 bridgehead atoms. The van der Waals surface area contributed by atoms with E-state index in [0.717, 1.165) is 11.3 Å². The molecule has 0 spiro atoms. The summed E-state index contributed by atoms with van der Waals surface area (Å²) in [5, 5.41) is 5.60. The molecule has 1 heterocycles. The minimum atomic E-state index is -0.276. The Morgan fingerprint density at radius 3 is 2.62 bits per heavy atom. The van der Waals surface area contributed by atoms with Crippen LogP contribution in [0.1, 0.15) is 5.56 Å². The molecule has 0 aliphatic carbocycles. The lowest BCUT2D eigenvalue weighted by atomic mass is 10.2. The van der Waals surface area contributed by atoms with E-state index in [1.54, 1.807) is 20.3 Å². The highest BCUT2D eigenvalue weighted by Crippen LogP contribution is 2.30. The van der Waals surface area contributed by atoms with Crippen LogP contribution in [0.2, 0.25) is 0 Å². The van der Waals surface area contributed by atoms with Crippen LogP contribution in [-0.2, 0) is 6.54 Å². The first-order valence-corrected chi connectivity index (χ1v) is 8.30. The SMILES string of the molecule is COc1ccc(CNC(=O)NC[C@@H]2COc3ccccc3O2)cc1OC. The molecule has 7 heteroatoms. The van der Waals surface area contributed by atoms with Crippen molar-refractivity contribution in [1.82, 2.24) is 10.6 Å². The van der Waals surface area contributed by atoms with Gasteiger partial charge < -0.3 is 29.6 Å². The van der Waals surface area contributed by atoms with Crippen molar-refractivity contribution in [3.05, 3.63) is 48.0 Å². The Bertz CT molecular complexity index is 765. The van der Waals surface area contributed by atoms with Gasteiger partial charge in [-0.25, -0.2) is 4.79 Å². The van der Waals surface area contributed by atoms with E-state index in [1.165, 1.54) is 0 Å². The smallest absolute Gasteiger partial charge is 0.315 e. The lowest BCUT2D eigenvalue weighted by Crippen LogP contribution is -2.44. The maximum absolute atomic E-state index is 12.0. The first-order valence-electron chi connectivity index (χ1n) is 8.30. The first kappa shape index (κ1) is 17.7. The Balaban J connectivity index is 1.45. The van der Waals surface area contributed by atoms with E-state index in [9.17, 15) is 4.79 Å². The Morgan fingerprint density at radius 2 is 1.85 bits per heavy atom. The van der Waals surface area contributed by atoms with Gasteiger partial charge in [-0.1, -0.05) is 18.2 Å². The molecule has 1 aliphatic heterocycles. The maximum Gasteiger partial charge on any atom is 0.315 e. The zero-order chi connectivity index (χ0) is 18.4. The van der Waals surface area contributed by atoms with Crippen molar-refractivity contribution in [2.45, 2.75) is 12.6 Å². The largest absolute Gasteiger partial charge is 0.493 e. The second-order valence-electron chi connectivity index (χ2n) is 5.75. The molecular formula is C19H22N2O5. The molecule has 26 heavy (non-hydrogen) atoms. The van der Waals surface area contributed by atoms with E-state index >= 15 is 0 Å². The quantitative estimate of drug-likeness (QED) is 0.829. The average Bonchev–Trinajstić information content (AvgIpc) is 2.70. The number of fused-ring (bicyclic) bond motifs is 1. The number of hydrogen-bond donors (Lipinski definition) is 2. The van der Waals surface area contributed by atoms with Crippen molar-refractivity contribution in [2.24, 2.45) is 0 Å². The zero-order valence-corrected chi connectivity index (χ0v) is 14.8. The van der Waals surface area contributed by atoms with E-state index in [-0.39, 0.29) is 12.1 Å². The monoisotopic (exact) mass is 358 g/mol. The molecule has 2 aromatic rings. The molecular weight excluding hydrogens is 336 g/mol. The summed E-state index contributed by atoms with van der Waals surface area (Å²) in [6.45, 7) is 1.12. The van der Waals surface area contributed by atoms with Gasteiger partial charge in [-0.15, -0.1) is 0 Å². The Labute approximate surface area is 152 Å². The Hall–Kier alpha value is -3.09. The van der Waals surface area contributed by atoms with Gasteiger partial charge in [-0.05, 0) is 29.8 Å². The number of methoxy groups -OCH3 is 2. The lowest BCUT2D eigenvalue weighted by molar-refractivity contribution is 0.0918. The molecule has 1 atom stereocenters. The second kappa shape index (κ2) is 8.33. The third-order valence-corrected chi connectivity index (χ3v) is 3.96. The van der Waals surface area contributed by atoms with Crippen molar-refractivity contribution in [2.75, 3.05) is 27.4 Å². The number of nitrogens with one attached hydrogen (secondary N) is 2. The molecule has 0 unspecified atom stereocenters. The second-order valence-corrected chi connectivity index (χ2v) is 5.75. The molecule has 1 aliphatic rings. The van der Waals surface area contributed by atoms with Crippen LogP contribution in [0.5, 0.6) is 23.0 Å². The summed E-state index contributed by atoms with van der Waals surface area (Å²) in [5.41, 5.74) is 0.906. The van der Waals surface area contributed by atoms with Crippen molar-refractivity contribution in [1.29, 1.82) is 0 Å². The first-order chi connectivity index (χ1) is 12.7. The van der Waals surface area contributed by atoms with Crippen molar-refractivity contribution in [3.63, 3.8) is 0 Å². The van der Waals surface area contributed by atoms with Gasteiger partial charge in [0.2, 0.25) is 0 Å². The highest BCUT2D eigenvalue weighted by atomic mass is 16.6.